The molecule has 1 fully saturated rings. The van der Waals surface area contributed by atoms with Crippen LogP contribution in [0.5, 0.6) is 0 Å². The first kappa shape index (κ1) is 17.9. The van der Waals surface area contributed by atoms with Gasteiger partial charge in [0, 0.05) is 18.0 Å². The molecule has 6 nitrogen and oxygen atoms in total. The van der Waals surface area contributed by atoms with E-state index in [2.05, 4.69) is 10.3 Å². The van der Waals surface area contributed by atoms with Crippen molar-refractivity contribution in [3.63, 3.8) is 0 Å². The van der Waals surface area contributed by atoms with Gasteiger partial charge in [0.1, 0.15) is 5.92 Å². The number of rotatable bonds is 3. The Morgan fingerprint density at radius 1 is 1.15 bits per heavy atom. The first-order valence-corrected chi connectivity index (χ1v) is 7.61. The van der Waals surface area contributed by atoms with Gasteiger partial charge in [-0.25, -0.2) is 4.79 Å². The number of urea groups is 1. The van der Waals surface area contributed by atoms with Crippen LogP contribution in [0, 0.1) is 5.92 Å². The topological polar surface area (TPSA) is 91.3 Å². The highest BCUT2D eigenvalue weighted by molar-refractivity contribution is 6.00. The number of ketones is 1. The summed E-state index contributed by atoms with van der Waals surface area (Å²) in [6.07, 6.45) is -2.64. The number of carbonyl (C=O) groups is 2. The lowest BCUT2D eigenvalue weighted by Crippen LogP contribution is -2.72. The fourth-order valence-electron chi connectivity index (χ4n) is 2.96. The average molecular weight is 365 g/mol. The van der Waals surface area contributed by atoms with Gasteiger partial charge in [-0.1, -0.05) is 36.4 Å². The Bertz CT molecular complexity index is 814. The monoisotopic (exact) mass is 365 g/mol. The molecule has 0 spiro atoms. The van der Waals surface area contributed by atoms with Crippen molar-refractivity contribution in [2.45, 2.75) is 17.9 Å². The van der Waals surface area contributed by atoms with Gasteiger partial charge >= 0.3 is 12.2 Å². The van der Waals surface area contributed by atoms with Crippen molar-refractivity contribution in [3.05, 3.63) is 66.0 Å². The van der Waals surface area contributed by atoms with Crippen molar-refractivity contribution in [1.82, 2.24) is 15.6 Å². The van der Waals surface area contributed by atoms with Crippen LogP contribution in [0.25, 0.3) is 0 Å². The van der Waals surface area contributed by atoms with E-state index in [0.29, 0.717) is 0 Å². The van der Waals surface area contributed by atoms with Crippen LogP contribution in [-0.4, -0.2) is 33.8 Å². The number of halogens is 3. The van der Waals surface area contributed by atoms with Gasteiger partial charge in [-0.3, -0.25) is 9.78 Å². The molecule has 2 heterocycles. The summed E-state index contributed by atoms with van der Waals surface area (Å²) in [6, 6.07) is 7.50. The van der Waals surface area contributed by atoms with Crippen LogP contribution in [-0.2, 0) is 0 Å². The number of amides is 2. The van der Waals surface area contributed by atoms with E-state index in [0.717, 1.165) is 0 Å². The zero-order valence-electron chi connectivity index (χ0n) is 13.2. The van der Waals surface area contributed by atoms with E-state index < -0.39 is 35.7 Å². The van der Waals surface area contributed by atoms with E-state index in [9.17, 15) is 27.9 Å². The fourth-order valence-corrected chi connectivity index (χ4v) is 2.96. The lowest BCUT2D eigenvalue weighted by atomic mass is 9.77. The van der Waals surface area contributed by atoms with Crippen LogP contribution in [0.2, 0.25) is 0 Å². The largest absolute Gasteiger partial charge is 0.437 e. The number of benzene rings is 1. The molecule has 3 atom stereocenters. The molecule has 1 aromatic heterocycles. The summed E-state index contributed by atoms with van der Waals surface area (Å²) in [6.45, 7) is 0. The first-order chi connectivity index (χ1) is 12.2. The average Bonchev–Trinajstić information content (AvgIpc) is 2.61. The molecule has 0 bridgehead atoms. The number of hydrogen-bond donors (Lipinski definition) is 3. The third kappa shape index (κ3) is 3.01. The van der Waals surface area contributed by atoms with Gasteiger partial charge in [0.25, 0.3) is 0 Å². The van der Waals surface area contributed by atoms with Crippen molar-refractivity contribution < 1.29 is 27.9 Å². The molecule has 1 aliphatic heterocycles. The zero-order chi connectivity index (χ0) is 18.9. The molecule has 3 rings (SSSR count). The SMILES string of the molecule is O=C1N[C@H](c2cccnc2)[C@@H](C(=O)c2ccccc2)[C@](O)(C(F)(F)F)N1. The van der Waals surface area contributed by atoms with Crippen LogP contribution < -0.4 is 10.6 Å². The highest BCUT2D eigenvalue weighted by atomic mass is 19.4. The number of aliphatic hydroxyl groups is 1. The maximum atomic E-state index is 13.7. The zero-order valence-corrected chi connectivity index (χ0v) is 13.2. The lowest BCUT2D eigenvalue weighted by Gasteiger charge is -2.44. The molecule has 0 aliphatic carbocycles. The molecule has 1 aromatic carbocycles. The Morgan fingerprint density at radius 2 is 1.85 bits per heavy atom. The number of aromatic nitrogens is 1. The summed E-state index contributed by atoms with van der Waals surface area (Å²) in [7, 11) is 0. The van der Waals surface area contributed by atoms with Gasteiger partial charge in [0.2, 0.25) is 5.72 Å². The van der Waals surface area contributed by atoms with Crippen molar-refractivity contribution in [3.8, 4) is 0 Å². The van der Waals surface area contributed by atoms with E-state index in [4.69, 9.17) is 0 Å². The summed E-state index contributed by atoms with van der Waals surface area (Å²) in [4.78, 5) is 28.5. The van der Waals surface area contributed by atoms with E-state index >= 15 is 0 Å². The number of hydrogen-bond acceptors (Lipinski definition) is 4. The quantitative estimate of drug-likeness (QED) is 0.727. The minimum Gasteiger partial charge on any atom is -0.363 e. The summed E-state index contributed by atoms with van der Waals surface area (Å²) in [5.74, 6) is -3.02. The highest BCUT2D eigenvalue weighted by Crippen LogP contribution is 2.43. The van der Waals surface area contributed by atoms with Gasteiger partial charge in [-0.2, -0.15) is 13.2 Å². The molecule has 3 N–H and O–H groups in total. The number of Topliss-reactive ketones (excluding diaryl/α,β-unsaturated/α-hetero) is 1. The molecular weight excluding hydrogens is 351 g/mol. The predicted octanol–water partition coefficient (Wildman–Crippen LogP) is 2.19. The summed E-state index contributed by atoms with van der Waals surface area (Å²) < 4.78 is 41.0. The highest BCUT2D eigenvalue weighted by Gasteiger charge is 2.66. The number of nitrogens with zero attached hydrogens (tertiary/aromatic N) is 1. The van der Waals surface area contributed by atoms with Crippen LogP contribution in [0.4, 0.5) is 18.0 Å². The molecule has 1 aliphatic rings. The molecule has 2 aromatic rings. The normalized spacial score (nSPS) is 25.9. The van der Waals surface area contributed by atoms with Crippen molar-refractivity contribution in [2.24, 2.45) is 5.92 Å². The van der Waals surface area contributed by atoms with E-state index in [1.165, 1.54) is 54.1 Å². The second-order valence-corrected chi connectivity index (χ2v) is 5.83. The Labute approximate surface area is 146 Å². The molecule has 9 heteroatoms. The Hall–Kier alpha value is -2.94. The Kier molecular flexibility index (Phi) is 4.41. The Balaban J connectivity index is 2.15. The van der Waals surface area contributed by atoms with Gasteiger partial charge in [-0.15, -0.1) is 0 Å². The fraction of sp³-hybridized carbons (Fsp3) is 0.235. The number of alkyl halides is 3. The van der Waals surface area contributed by atoms with Gasteiger partial charge < -0.3 is 15.7 Å². The third-order valence-corrected chi connectivity index (χ3v) is 4.19. The summed E-state index contributed by atoms with van der Waals surface area (Å²) in [5.41, 5.74) is -3.59. The maximum Gasteiger partial charge on any atom is 0.437 e. The minimum absolute atomic E-state index is 0.0213. The van der Waals surface area contributed by atoms with Gasteiger partial charge in [0.05, 0.1) is 6.04 Å². The molecule has 2 amide bonds. The van der Waals surface area contributed by atoms with Crippen LogP contribution in [0.1, 0.15) is 22.0 Å². The second-order valence-electron chi connectivity index (χ2n) is 5.83. The van der Waals surface area contributed by atoms with Crippen molar-refractivity contribution in [1.29, 1.82) is 0 Å². The molecule has 26 heavy (non-hydrogen) atoms. The van der Waals surface area contributed by atoms with E-state index in [1.54, 1.807) is 6.07 Å². The van der Waals surface area contributed by atoms with Crippen molar-refractivity contribution >= 4 is 11.8 Å². The number of carbonyl (C=O) groups excluding carboxylic acids is 2. The van der Waals surface area contributed by atoms with Gasteiger partial charge in [-0.05, 0) is 11.6 Å². The van der Waals surface area contributed by atoms with Crippen LogP contribution in [0.15, 0.2) is 54.9 Å². The minimum atomic E-state index is -5.28. The predicted molar refractivity (Wildman–Crippen MR) is 83.9 cm³/mol. The summed E-state index contributed by atoms with van der Waals surface area (Å²) in [5, 5.41) is 14.1. The molecule has 0 unspecified atom stereocenters. The smallest absolute Gasteiger partial charge is 0.363 e. The van der Waals surface area contributed by atoms with E-state index in [-0.39, 0.29) is 11.1 Å². The Morgan fingerprint density at radius 3 is 2.42 bits per heavy atom. The molecule has 0 radical (unpaired) electrons. The van der Waals surface area contributed by atoms with E-state index in [1.807, 2.05) is 0 Å². The number of pyridine rings is 1. The summed E-state index contributed by atoms with van der Waals surface area (Å²) >= 11 is 0. The lowest BCUT2D eigenvalue weighted by molar-refractivity contribution is -0.287. The number of nitrogens with one attached hydrogen (secondary N) is 2. The van der Waals surface area contributed by atoms with Crippen LogP contribution in [0.3, 0.4) is 0 Å². The third-order valence-electron chi connectivity index (χ3n) is 4.19. The van der Waals surface area contributed by atoms with Gasteiger partial charge in [0.15, 0.2) is 5.78 Å². The van der Waals surface area contributed by atoms with Crippen LogP contribution >= 0.6 is 0 Å². The first-order valence-electron chi connectivity index (χ1n) is 7.61. The molecule has 136 valence electrons. The standard InChI is InChI=1S/C17H14F3N3O3/c18-17(19,20)16(26)12(14(24)10-5-2-1-3-6-10)13(22-15(25)23-16)11-7-4-8-21-9-11/h1-9,12-13,26H,(H2,22,23,25)/t12-,13+,16-/m0/s1. The second kappa shape index (κ2) is 6.41. The molecule has 0 saturated carbocycles. The van der Waals surface area contributed by atoms with Crippen molar-refractivity contribution in [2.75, 3.05) is 0 Å². The molecule has 1 saturated heterocycles. The molecular formula is C17H14F3N3O3. The maximum absolute atomic E-state index is 13.7.